The van der Waals surface area contributed by atoms with Crippen LogP contribution in [0.15, 0.2) is 79.0 Å². The topological polar surface area (TPSA) is 198 Å². The summed E-state index contributed by atoms with van der Waals surface area (Å²) in [5.74, 6) is 1.54. The van der Waals surface area contributed by atoms with Crippen LogP contribution < -0.4 is 26.2 Å². The Labute approximate surface area is 445 Å². The predicted molar refractivity (Wildman–Crippen MR) is 294 cm³/mol. The molecule has 0 radical (unpaired) electrons. The number of rotatable bonds is 17. The molecule has 1 atom stereocenters. The van der Waals surface area contributed by atoms with Gasteiger partial charge in [0.1, 0.15) is 11.5 Å². The monoisotopic (exact) mass is 1040 g/mol. The number of para-hydroxylation sites is 2. The number of carbonyl (C=O) groups excluding carboxylic acids is 5. The first-order valence-electron chi connectivity index (χ1n) is 27.4. The number of amides is 5. The number of fused-ring (bicyclic) bond motifs is 3. The number of hydrogen-bond acceptors (Lipinski definition) is 11. The summed E-state index contributed by atoms with van der Waals surface area (Å²) < 4.78 is 4.90. The second kappa shape index (κ2) is 20.7. The fourth-order valence-corrected chi connectivity index (χ4v) is 14.7. The maximum atomic E-state index is 14.5. The van der Waals surface area contributed by atoms with Crippen molar-refractivity contribution in [1.82, 2.24) is 40.2 Å². The molecule has 16 nitrogen and oxygen atoms in total. The van der Waals surface area contributed by atoms with Crippen LogP contribution in [0.1, 0.15) is 139 Å². The molecule has 17 heteroatoms. The number of piperidine rings is 1. The number of aromatic nitrogens is 6. The molecule has 5 amide bonds. The van der Waals surface area contributed by atoms with Crippen molar-refractivity contribution >= 4 is 78.6 Å². The zero-order chi connectivity index (χ0) is 52.1. The summed E-state index contributed by atoms with van der Waals surface area (Å²) in [5, 5.41) is 22.7. The van der Waals surface area contributed by atoms with Crippen molar-refractivity contribution in [2.45, 2.75) is 122 Å². The van der Waals surface area contributed by atoms with Crippen LogP contribution in [0.4, 0.5) is 16.6 Å². The molecule has 3 aromatic carbocycles. The highest BCUT2D eigenvalue weighted by Crippen LogP contribution is 2.60. The minimum atomic E-state index is -0.527. The normalized spacial score (nSPS) is 21.7. The quantitative estimate of drug-likeness (QED) is 0.0503. The molecule has 4 saturated carbocycles. The van der Waals surface area contributed by atoms with Crippen molar-refractivity contribution < 1.29 is 24.0 Å². The van der Waals surface area contributed by atoms with Gasteiger partial charge < -0.3 is 15.5 Å². The van der Waals surface area contributed by atoms with E-state index in [1.54, 1.807) is 11.7 Å². The Morgan fingerprint density at radius 2 is 1.59 bits per heavy atom. The minimum Gasteiger partial charge on any atom is -0.352 e. The fourth-order valence-electron chi connectivity index (χ4n) is 13.9. The Balaban J connectivity index is 0.698. The highest BCUT2D eigenvalue weighted by molar-refractivity contribution is 7.22. The van der Waals surface area contributed by atoms with Gasteiger partial charge in [-0.1, -0.05) is 67.0 Å². The van der Waals surface area contributed by atoms with Gasteiger partial charge in [0.05, 0.1) is 39.2 Å². The number of nitrogens with zero attached hydrogens (tertiary/aromatic N) is 7. The lowest BCUT2D eigenvalue weighted by Crippen LogP contribution is -2.48. The lowest BCUT2D eigenvalue weighted by molar-refractivity contribution is -0.134. The van der Waals surface area contributed by atoms with E-state index in [0.717, 1.165) is 105 Å². The maximum absolute atomic E-state index is 14.5. The zero-order valence-corrected chi connectivity index (χ0v) is 44.1. The van der Waals surface area contributed by atoms with Gasteiger partial charge in [-0.25, -0.2) is 9.97 Å². The summed E-state index contributed by atoms with van der Waals surface area (Å²) in [6, 6.07) is 23.4. The molecule has 13 rings (SSSR count). The number of aryl methyl sites for hydroxylation is 1. The molecule has 6 heterocycles. The van der Waals surface area contributed by atoms with Gasteiger partial charge in [-0.2, -0.15) is 10.2 Å². The standard InChI is InChI=1S/C59H65N11O5S/c1-35-44(32-61-70(35)34-59-29-36-26-37(30-59)28-38(27-36)31-59)40-19-21-49(69-25-23-39-12-10-13-41(45(39)33-69)55(73)66-58-63-46-15-7-8-17-48(46)76-58)64-53(40)57(75)60-24-9-5-3-4-6-18-50(71)62-47-16-11-14-42-52(67-68(2)54(42)47)43-20-22-51(72)65-56(43)74/h7-8,10-17,19,21,32,36-38,43H,3-6,9,18,20,22-31,33-34H2,1-2H3,(H,60,75)(H,62,71)(H,63,66,73)(H,65,72,74). The van der Waals surface area contributed by atoms with Crippen LogP contribution in [0.5, 0.6) is 0 Å². The molecule has 0 spiro atoms. The number of nitrogens with one attached hydrogen (secondary N) is 4. The van der Waals surface area contributed by atoms with E-state index < -0.39 is 5.92 Å². The minimum absolute atomic E-state index is 0.0946. The van der Waals surface area contributed by atoms with Crippen LogP contribution in [0.2, 0.25) is 0 Å². The van der Waals surface area contributed by atoms with Crippen molar-refractivity contribution in [2.75, 3.05) is 28.6 Å². The van der Waals surface area contributed by atoms with Crippen molar-refractivity contribution in [1.29, 1.82) is 0 Å². The highest BCUT2D eigenvalue weighted by atomic mass is 32.1. The van der Waals surface area contributed by atoms with Crippen molar-refractivity contribution in [3.05, 3.63) is 113 Å². The molecule has 1 unspecified atom stereocenters. The Morgan fingerprint density at radius 1 is 0.816 bits per heavy atom. The average molecular weight is 1040 g/mol. The molecule has 76 heavy (non-hydrogen) atoms. The lowest BCUT2D eigenvalue weighted by Gasteiger charge is -2.56. The lowest BCUT2D eigenvalue weighted by atomic mass is 9.49. The summed E-state index contributed by atoms with van der Waals surface area (Å²) in [4.78, 5) is 78.0. The van der Waals surface area contributed by atoms with E-state index in [-0.39, 0.29) is 36.0 Å². The number of unbranched alkanes of at least 4 members (excludes halogenated alkanes) is 4. The smallest absolute Gasteiger partial charge is 0.270 e. The summed E-state index contributed by atoms with van der Waals surface area (Å²) in [7, 11) is 1.79. The molecular weight excluding hydrogens is 975 g/mol. The van der Waals surface area contributed by atoms with Crippen molar-refractivity contribution in [3.63, 3.8) is 0 Å². The summed E-state index contributed by atoms with van der Waals surface area (Å²) >= 11 is 1.46. The molecule has 4 aliphatic carbocycles. The van der Waals surface area contributed by atoms with Crippen LogP contribution in [0, 0.1) is 30.1 Å². The van der Waals surface area contributed by atoms with E-state index in [4.69, 9.17) is 10.1 Å². The first-order chi connectivity index (χ1) is 36.9. The van der Waals surface area contributed by atoms with E-state index in [9.17, 15) is 24.0 Å². The zero-order valence-electron chi connectivity index (χ0n) is 43.3. The van der Waals surface area contributed by atoms with Crippen LogP contribution in [-0.4, -0.2) is 72.2 Å². The molecule has 6 aliphatic rings. The summed E-state index contributed by atoms with van der Waals surface area (Å²) in [6.07, 6.45) is 15.9. The third-order valence-electron chi connectivity index (χ3n) is 17.1. The van der Waals surface area contributed by atoms with E-state index in [0.29, 0.717) is 77.9 Å². The third kappa shape index (κ3) is 9.89. The number of carbonyl (C=O) groups is 5. The first-order valence-corrected chi connectivity index (χ1v) is 28.2. The van der Waals surface area contributed by atoms with Gasteiger partial charge in [-0.3, -0.25) is 44.0 Å². The van der Waals surface area contributed by atoms with Gasteiger partial charge in [0.25, 0.3) is 11.8 Å². The summed E-state index contributed by atoms with van der Waals surface area (Å²) in [6.45, 7) is 4.67. The SMILES string of the molecule is Cc1c(-c2ccc(N3CCc4cccc(C(=O)Nc5nc6ccccc6s5)c4C3)nc2C(=O)NCCCCCCCC(=O)Nc2cccc3c(C4CCC(=O)NC4=O)nn(C)c23)cnn1CC12CC3CC(CC(C3)C1)C2. The van der Waals surface area contributed by atoms with Gasteiger partial charge in [0.2, 0.25) is 17.7 Å². The number of benzene rings is 3. The second-order valence-corrected chi connectivity index (χ2v) is 23.4. The number of hydrogen-bond donors (Lipinski definition) is 4. The van der Waals surface area contributed by atoms with Crippen LogP contribution in [0.3, 0.4) is 0 Å². The molecule has 4 aromatic heterocycles. The number of thiazole rings is 1. The molecule has 4 bridgehead atoms. The molecule has 4 N–H and O–H groups in total. The third-order valence-corrected chi connectivity index (χ3v) is 18.0. The molecule has 5 fully saturated rings. The van der Waals surface area contributed by atoms with Gasteiger partial charge in [0.15, 0.2) is 5.13 Å². The van der Waals surface area contributed by atoms with E-state index in [1.165, 1.54) is 49.9 Å². The first kappa shape index (κ1) is 49.6. The van der Waals surface area contributed by atoms with Gasteiger partial charge >= 0.3 is 0 Å². The number of pyridine rings is 1. The average Bonchev–Trinajstić information content (AvgIpc) is 4.17. The Bertz CT molecular complexity index is 3360. The maximum Gasteiger partial charge on any atom is 0.270 e. The largest absolute Gasteiger partial charge is 0.352 e. The van der Waals surface area contributed by atoms with Crippen LogP contribution in [-0.2, 0) is 40.9 Å². The van der Waals surface area contributed by atoms with Crippen LogP contribution in [0.25, 0.3) is 32.2 Å². The molecule has 392 valence electrons. The van der Waals surface area contributed by atoms with Gasteiger partial charge in [-0.05, 0) is 142 Å². The predicted octanol–water partition coefficient (Wildman–Crippen LogP) is 10.0. The molecule has 7 aromatic rings. The van der Waals surface area contributed by atoms with E-state index >= 15 is 0 Å². The Morgan fingerprint density at radius 3 is 2.39 bits per heavy atom. The van der Waals surface area contributed by atoms with Gasteiger partial charge in [-0.15, -0.1) is 0 Å². The number of imide groups is 1. The van der Waals surface area contributed by atoms with Crippen LogP contribution >= 0.6 is 11.3 Å². The van der Waals surface area contributed by atoms with Crippen molar-refractivity contribution in [2.24, 2.45) is 30.2 Å². The van der Waals surface area contributed by atoms with E-state index in [1.807, 2.05) is 72.9 Å². The Hall–Kier alpha value is -7.27. The highest BCUT2D eigenvalue weighted by Gasteiger charge is 2.51. The molecule has 2 aliphatic heterocycles. The second-order valence-electron chi connectivity index (χ2n) is 22.4. The Kier molecular flexibility index (Phi) is 13.5. The molecule has 1 saturated heterocycles. The summed E-state index contributed by atoms with van der Waals surface area (Å²) in [5.41, 5.74) is 8.88. The molecular formula is C59H65N11O5S. The number of anilines is 3. The fraction of sp³-hybridized carbons (Fsp3) is 0.441. The van der Waals surface area contributed by atoms with Gasteiger partial charge in [0, 0.05) is 73.8 Å². The van der Waals surface area contributed by atoms with E-state index in [2.05, 4.69) is 53.9 Å². The van der Waals surface area contributed by atoms with Crippen molar-refractivity contribution in [3.8, 4) is 11.1 Å².